The van der Waals surface area contributed by atoms with Crippen LogP contribution in [0.15, 0.2) is 24.3 Å². The molecule has 0 bridgehead atoms. The maximum absolute atomic E-state index is 11.6. The molecule has 1 saturated heterocycles. The number of ether oxygens (including phenoxy) is 1. The Morgan fingerprint density at radius 2 is 2.32 bits per heavy atom. The molecule has 100 valence electrons. The number of methoxy groups -OCH3 is 1. The Labute approximate surface area is 116 Å². The highest BCUT2D eigenvalue weighted by Crippen LogP contribution is 2.31. The Kier molecular flexibility index (Phi) is 3.38. The van der Waals surface area contributed by atoms with Gasteiger partial charge < -0.3 is 9.64 Å². The average molecular weight is 276 g/mol. The van der Waals surface area contributed by atoms with E-state index >= 15 is 0 Å². The predicted molar refractivity (Wildman–Crippen MR) is 76.6 cm³/mol. The smallest absolute Gasteiger partial charge is 0.310 e. The van der Waals surface area contributed by atoms with Crippen LogP contribution >= 0.6 is 11.3 Å². The molecule has 0 aliphatic carbocycles. The number of nitrogens with zero attached hydrogens (tertiary/aromatic N) is 2. The highest BCUT2D eigenvalue weighted by molar-refractivity contribution is 7.22. The third kappa shape index (κ3) is 2.42. The van der Waals surface area contributed by atoms with Crippen molar-refractivity contribution in [1.29, 1.82) is 0 Å². The summed E-state index contributed by atoms with van der Waals surface area (Å²) in [4.78, 5) is 18.5. The first kappa shape index (κ1) is 12.4. The Hall–Kier alpha value is -1.62. The topological polar surface area (TPSA) is 42.4 Å². The number of hydrogen-bond acceptors (Lipinski definition) is 5. The summed E-state index contributed by atoms with van der Waals surface area (Å²) in [6.45, 7) is 1.68. The van der Waals surface area contributed by atoms with Crippen LogP contribution in [0.25, 0.3) is 10.2 Å². The van der Waals surface area contributed by atoms with E-state index in [0.717, 1.165) is 30.0 Å². The van der Waals surface area contributed by atoms with Crippen LogP contribution in [0, 0.1) is 5.92 Å². The molecular formula is C14H16N2O2S. The molecule has 0 saturated carbocycles. The van der Waals surface area contributed by atoms with E-state index in [2.05, 4.69) is 16.0 Å². The van der Waals surface area contributed by atoms with Gasteiger partial charge in [0, 0.05) is 13.1 Å². The minimum Gasteiger partial charge on any atom is -0.469 e. The van der Waals surface area contributed by atoms with E-state index in [1.807, 2.05) is 18.2 Å². The summed E-state index contributed by atoms with van der Waals surface area (Å²) in [5, 5.41) is 1.01. The van der Waals surface area contributed by atoms with Gasteiger partial charge in [0.1, 0.15) is 0 Å². The summed E-state index contributed by atoms with van der Waals surface area (Å²) in [7, 11) is 1.46. The molecular weight excluding hydrogens is 260 g/mol. The summed E-state index contributed by atoms with van der Waals surface area (Å²) in [6.07, 6.45) is 1.92. The van der Waals surface area contributed by atoms with Gasteiger partial charge in [-0.25, -0.2) is 4.98 Å². The van der Waals surface area contributed by atoms with E-state index < -0.39 is 0 Å². The molecule has 0 unspecified atom stereocenters. The van der Waals surface area contributed by atoms with Crippen LogP contribution in [0.1, 0.15) is 12.8 Å². The van der Waals surface area contributed by atoms with Crippen LogP contribution in [0.2, 0.25) is 0 Å². The number of esters is 1. The SMILES string of the molecule is COC(=O)[C@H]1CCCN(c2nc3ccccc3s2)C1. The number of anilines is 1. The highest BCUT2D eigenvalue weighted by atomic mass is 32.1. The molecule has 0 radical (unpaired) electrons. The molecule has 1 aromatic carbocycles. The van der Waals surface area contributed by atoms with Gasteiger partial charge in [-0.2, -0.15) is 0 Å². The van der Waals surface area contributed by atoms with Gasteiger partial charge in [-0.1, -0.05) is 23.5 Å². The first-order valence-corrected chi connectivity index (χ1v) is 7.28. The molecule has 0 N–H and O–H groups in total. The third-order valence-corrected chi connectivity index (χ3v) is 4.61. The van der Waals surface area contributed by atoms with Crippen LogP contribution in [0.4, 0.5) is 5.13 Å². The number of benzene rings is 1. The van der Waals surface area contributed by atoms with E-state index in [1.165, 1.54) is 11.8 Å². The number of thiazole rings is 1. The van der Waals surface area contributed by atoms with Gasteiger partial charge in [-0.3, -0.25) is 4.79 Å². The van der Waals surface area contributed by atoms with Crippen LogP contribution in [0.3, 0.4) is 0 Å². The Balaban J connectivity index is 1.83. The number of fused-ring (bicyclic) bond motifs is 1. The summed E-state index contributed by atoms with van der Waals surface area (Å²) in [5.74, 6) is -0.128. The molecule has 0 spiro atoms. The molecule has 1 fully saturated rings. The van der Waals surface area contributed by atoms with Crippen molar-refractivity contribution in [1.82, 2.24) is 4.98 Å². The normalized spacial score (nSPS) is 19.6. The molecule has 2 aromatic rings. The second-order valence-electron chi connectivity index (χ2n) is 4.77. The van der Waals surface area contributed by atoms with Crippen molar-refractivity contribution in [2.24, 2.45) is 5.92 Å². The number of para-hydroxylation sites is 1. The van der Waals surface area contributed by atoms with Crippen molar-refractivity contribution in [2.75, 3.05) is 25.1 Å². The van der Waals surface area contributed by atoms with Crippen molar-refractivity contribution in [3.8, 4) is 0 Å². The fraction of sp³-hybridized carbons (Fsp3) is 0.429. The molecule has 2 heterocycles. The van der Waals surface area contributed by atoms with E-state index in [9.17, 15) is 4.79 Å². The van der Waals surface area contributed by atoms with Gasteiger partial charge in [0.15, 0.2) is 5.13 Å². The zero-order chi connectivity index (χ0) is 13.2. The summed E-state index contributed by atoms with van der Waals surface area (Å²) < 4.78 is 6.04. The van der Waals surface area contributed by atoms with E-state index in [1.54, 1.807) is 11.3 Å². The minimum absolute atomic E-state index is 0.0224. The second-order valence-corrected chi connectivity index (χ2v) is 5.78. The number of carbonyl (C=O) groups is 1. The van der Waals surface area contributed by atoms with Gasteiger partial charge in [0.2, 0.25) is 0 Å². The number of hydrogen-bond donors (Lipinski definition) is 0. The van der Waals surface area contributed by atoms with Crippen molar-refractivity contribution in [3.05, 3.63) is 24.3 Å². The van der Waals surface area contributed by atoms with Crippen LogP contribution < -0.4 is 4.90 Å². The number of aromatic nitrogens is 1. The zero-order valence-corrected chi connectivity index (χ0v) is 11.7. The molecule has 3 rings (SSSR count). The average Bonchev–Trinajstić information content (AvgIpc) is 2.90. The molecule has 4 nitrogen and oxygen atoms in total. The lowest BCUT2D eigenvalue weighted by atomic mass is 9.99. The zero-order valence-electron chi connectivity index (χ0n) is 10.8. The second kappa shape index (κ2) is 5.17. The molecule has 5 heteroatoms. The highest BCUT2D eigenvalue weighted by Gasteiger charge is 2.27. The van der Waals surface area contributed by atoms with Crippen molar-refractivity contribution in [3.63, 3.8) is 0 Å². The van der Waals surface area contributed by atoms with Gasteiger partial charge in [0.05, 0.1) is 23.2 Å². The number of carbonyl (C=O) groups excluding carboxylic acids is 1. The summed E-state index contributed by atoms with van der Waals surface area (Å²) >= 11 is 1.69. The third-order valence-electron chi connectivity index (χ3n) is 3.51. The Morgan fingerprint density at radius 1 is 1.47 bits per heavy atom. The molecule has 1 aliphatic rings. The number of rotatable bonds is 2. The van der Waals surface area contributed by atoms with Gasteiger partial charge >= 0.3 is 5.97 Å². The maximum Gasteiger partial charge on any atom is 0.310 e. The van der Waals surface area contributed by atoms with Gasteiger partial charge in [-0.05, 0) is 25.0 Å². The largest absolute Gasteiger partial charge is 0.469 e. The number of piperidine rings is 1. The van der Waals surface area contributed by atoms with Crippen LogP contribution in [0.5, 0.6) is 0 Å². The molecule has 1 aromatic heterocycles. The first-order valence-electron chi connectivity index (χ1n) is 6.46. The van der Waals surface area contributed by atoms with Crippen LogP contribution in [-0.4, -0.2) is 31.2 Å². The lowest BCUT2D eigenvalue weighted by Crippen LogP contribution is -2.39. The standard InChI is InChI=1S/C14H16N2O2S/c1-18-13(17)10-5-4-8-16(9-10)14-15-11-6-2-3-7-12(11)19-14/h2-3,6-7,10H,4-5,8-9H2,1H3/t10-/m0/s1. The van der Waals surface area contributed by atoms with Crippen molar-refractivity contribution >= 4 is 32.7 Å². The Bertz CT molecular complexity index is 563. The first-order chi connectivity index (χ1) is 9.28. The summed E-state index contributed by atoms with van der Waals surface area (Å²) in [6, 6.07) is 8.13. The van der Waals surface area contributed by atoms with Crippen LogP contribution in [-0.2, 0) is 9.53 Å². The van der Waals surface area contributed by atoms with Gasteiger partial charge in [0.25, 0.3) is 0 Å². The predicted octanol–water partition coefficient (Wildman–Crippen LogP) is 2.69. The Morgan fingerprint density at radius 3 is 3.11 bits per heavy atom. The van der Waals surface area contributed by atoms with Crippen molar-refractivity contribution < 1.29 is 9.53 Å². The van der Waals surface area contributed by atoms with Crippen molar-refractivity contribution in [2.45, 2.75) is 12.8 Å². The van der Waals surface area contributed by atoms with E-state index in [4.69, 9.17) is 4.74 Å². The fourth-order valence-electron chi connectivity index (χ4n) is 2.51. The molecule has 1 aliphatic heterocycles. The maximum atomic E-state index is 11.6. The van der Waals surface area contributed by atoms with Gasteiger partial charge in [-0.15, -0.1) is 0 Å². The van der Waals surface area contributed by atoms with E-state index in [-0.39, 0.29) is 11.9 Å². The van der Waals surface area contributed by atoms with E-state index in [0.29, 0.717) is 6.54 Å². The molecule has 1 atom stereocenters. The fourth-order valence-corrected chi connectivity index (χ4v) is 3.51. The monoisotopic (exact) mass is 276 g/mol. The quantitative estimate of drug-likeness (QED) is 0.791. The lowest BCUT2D eigenvalue weighted by Gasteiger charge is -2.30. The minimum atomic E-state index is -0.106. The molecule has 0 amide bonds. The summed E-state index contributed by atoms with van der Waals surface area (Å²) in [5.41, 5.74) is 1.03. The molecule has 19 heavy (non-hydrogen) atoms. The lowest BCUT2D eigenvalue weighted by molar-refractivity contribution is -0.145.